The van der Waals surface area contributed by atoms with Crippen molar-refractivity contribution in [1.82, 2.24) is 0 Å². The number of para-hydroxylation sites is 1. The fourth-order valence-corrected chi connectivity index (χ4v) is 1.99. The van der Waals surface area contributed by atoms with E-state index in [1.165, 1.54) is 4.90 Å². The van der Waals surface area contributed by atoms with Gasteiger partial charge in [-0.1, -0.05) is 12.1 Å². The van der Waals surface area contributed by atoms with Gasteiger partial charge in [0.1, 0.15) is 18.4 Å². The van der Waals surface area contributed by atoms with Crippen molar-refractivity contribution in [2.24, 2.45) is 0 Å². The lowest BCUT2D eigenvalue weighted by Crippen LogP contribution is -2.35. The van der Waals surface area contributed by atoms with E-state index >= 15 is 0 Å². The molecule has 20 heavy (non-hydrogen) atoms. The number of aryl methyl sites for hydroxylation is 1. The molecule has 0 radical (unpaired) electrons. The van der Waals surface area contributed by atoms with Crippen LogP contribution in [0.15, 0.2) is 18.2 Å². The molecule has 1 amide bonds. The second kappa shape index (κ2) is 8.12. The minimum absolute atomic E-state index is 0.0237. The van der Waals surface area contributed by atoms with Crippen LogP contribution in [0.5, 0.6) is 5.75 Å². The second-order valence-electron chi connectivity index (χ2n) is 4.67. The molecule has 0 saturated carbocycles. The molecular formula is C15H22ClNO3. The number of hydrogen-bond acceptors (Lipinski definition) is 3. The van der Waals surface area contributed by atoms with Gasteiger partial charge in [0, 0.05) is 6.61 Å². The summed E-state index contributed by atoms with van der Waals surface area (Å²) in [6, 6.07) is 5.69. The normalized spacial score (nSPS) is 10.7. The Labute approximate surface area is 125 Å². The number of ether oxygens (including phenoxy) is 2. The Kier molecular flexibility index (Phi) is 6.82. The van der Waals surface area contributed by atoms with Gasteiger partial charge >= 0.3 is 0 Å². The van der Waals surface area contributed by atoms with Gasteiger partial charge in [0.15, 0.2) is 0 Å². The summed E-state index contributed by atoms with van der Waals surface area (Å²) in [6.45, 7) is 8.40. The standard InChI is InChI=1S/C15H22ClNO3/c1-5-19-10-17(14(18)9-16)15-12(4)7-6-8-13(15)20-11(2)3/h6-8,11H,5,9-10H2,1-4H3. The van der Waals surface area contributed by atoms with Crippen LogP contribution in [-0.4, -0.2) is 31.2 Å². The van der Waals surface area contributed by atoms with Gasteiger partial charge in [-0.2, -0.15) is 0 Å². The maximum atomic E-state index is 12.1. The molecule has 0 aliphatic heterocycles. The summed E-state index contributed by atoms with van der Waals surface area (Å²) < 4.78 is 11.2. The van der Waals surface area contributed by atoms with Gasteiger partial charge in [-0.05, 0) is 39.3 Å². The van der Waals surface area contributed by atoms with Gasteiger partial charge in [0.05, 0.1) is 11.8 Å². The minimum Gasteiger partial charge on any atom is -0.489 e. The second-order valence-corrected chi connectivity index (χ2v) is 4.93. The van der Waals surface area contributed by atoms with Gasteiger partial charge in [0.2, 0.25) is 5.91 Å². The Hall–Kier alpha value is -1.26. The number of benzene rings is 1. The predicted molar refractivity (Wildman–Crippen MR) is 81.6 cm³/mol. The first-order valence-corrected chi connectivity index (χ1v) is 7.25. The molecule has 0 aliphatic rings. The molecule has 0 aromatic heterocycles. The van der Waals surface area contributed by atoms with Crippen LogP contribution < -0.4 is 9.64 Å². The van der Waals surface area contributed by atoms with Crippen LogP contribution in [0.4, 0.5) is 5.69 Å². The Morgan fingerprint density at radius 3 is 2.65 bits per heavy atom. The Balaban J connectivity index is 3.19. The molecule has 0 heterocycles. The maximum absolute atomic E-state index is 12.1. The molecule has 0 unspecified atom stereocenters. The molecule has 1 rings (SSSR count). The first kappa shape index (κ1) is 16.8. The predicted octanol–water partition coefficient (Wildman–Crippen LogP) is 3.35. The van der Waals surface area contributed by atoms with Crippen LogP contribution >= 0.6 is 11.6 Å². The first-order valence-electron chi connectivity index (χ1n) is 6.71. The van der Waals surface area contributed by atoms with E-state index in [1.807, 2.05) is 45.9 Å². The van der Waals surface area contributed by atoms with E-state index in [0.29, 0.717) is 12.4 Å². The molecule has 5 heteroatoms. The number of amides is 1. The zero-order valence-corrected chi connectivity index (χ0v) is 13.2. The van der Waals surface area contributed by atoms with Gasteiger partial charge in [0.25, 0.3) is 0 Å². The van der Waals surface area contributed by atoms with Crippen LogP contribution in [0, 0.1) is 6.92 Å². The zero-order chi connectivity index (χ0) is 15.1. The SMILES string of the molecule is CCOCN(C(=O)CCl)c1c(C)cccc1OC(C)C. The summed E-state index contributed by atoms with van der Waals surface area (Å²) in [7, 11) is 0. The highest BCUT2D eigenvalue weighted by atomic mass is 35.5. The summed E-state index contributed by atoms with van der Waals surface area (Å²) in [4.78, 5) is 13.6. The number of halogens is 1. The highest BCUT2D eigenvalue weighted by Crippen LogP contribution is 2.33. The van der Waals surface area contributed by atoms with Gasteiger partial charge in [-0.3, -0.25) is 9.69 Å². The monoisotopic (exact) mass is 299 g/mol. The topological polar surface area (TPSA) is 38.8 Å². The van der Waals surface area contributed by atoms with Crippen LogP contribution in [0.25, 0.3) is 0 Å². The third-order valence-corrected chi connectivity index (χ3v) is 2.90. The van der Waals surface area contributed by atoms with Crippen LogP contribution in [-0.2, 0) is 9.53 Å². The van der Waals surface area contributed by atoms with Crippen molar-refractivity contribution in [2.45, 2.75) is 33.8 Å². The number of hydrogen-bond donors (Lipinski definition) is 0. The van der Waals surface area contributed by atoms with E-state index in [-0.39, 0.29) is 24.6 Å². The van der Waals surface area contributed by atoms with E-state index in [2.05, 4.69) is 0 Å². The summed E-state index contributed by atoms with van der Waals surface area (Å²) in [5.41, 5.74) is 1.67. The Morgan fingerprint density at radius 1 is 1.40 bits per heavy atom. The molecule has 0 atom stereocenters. The first-order chi connectivity index (χ1) is 9.51. The average molecular weight is 300 g/mol. The van der Waals surface area contributed by atoms with Crippen molar-refractivity contribution in [3.63, 3.8) is 0 Å². The molecule has 0 N–H and O–H groups in total. The molecule has 1 aromatic carbocycles. The molecule has 0 bridgehead atoms. The third-order valence-electron chi connectivity index (χ3n) is 2.67. The highest BCUT2D eigenvalue weighted by molar-refractivity contribution is 6.29. The minimum atomic E-state index is -0.206. The third kappa shape index (κ3) is 4.39. The van der Waals surface area contributed by atoms with Crippen molar-refractivity contribution in [1.29, 1.82) is 0 Å². The van der Waals surface area contributed by atoms with Crippen LogP contribution in [0.1, 0.15) is 26.3 Å². The molecule has 112 valence electrons. The molecule has 4 nitrogen and oxygen atoms in total. The molecule has 0 spiro atoms. The maximum Gasteiger partial charge on any atom is 0.243 e. The lowest BCUT2D eigenvalue weighted by Gasteiger charge is -2.26. The number of carbonyl (C=O) groups is 1. The number of carbonyl (C=O) groups excluding carboxylic acids is 1. The molecular weight excluding hydrogens is 278 g/mol. The zero-order valence-electron chi connectivity index (χ0n) is 12.5. The van der Waals surface area contributed by atoms with Gasteiger partial charge in [-0.25, -0.2) is 0 Å². The number of rotatable bonds is 7. The number of anilines is 1. The summed E-state index contributed by atoms with van der Waals surface area (Å²) in [5.74, 6) is 0.365. The van der Waals surface area contributed by atoms with Crippen LogP contribution in [0.2, 0.25) is 0 Å². The van der Waals surface area contributed by atoms with Gasteiger partial charge < -0.3 is 9.47 Å². The van der Waals surface area contributed by atoms with E-state index < -0.39 is 0 Å². The quantitative estimate of drug-likeness (QED) is 0.572. The molecule has 0 saturated heterocycles. The fraction of sp³-hybridized carbons (Fsp3) is 0.533. The lowest BCUT2D eigenvalue weighted by atomic mass is 10.1. The van der Waals surface area contributed by atoms with Crippen molar-refractivity contribution < 1.29 is 14.3 Å². The highest BCUT2D eigenvalue weighted by Gasteiger charge is 2.21. The van der Waals surface area contributed by atoms with Crippen molar-refractivity contribution >= 4 is 23.2 Å². The fourth-order valence-electron chi connectivity index (χ4n) is 1.84. The molecule has 0 fully saturated rings. The van der Waals surface area contributed by atoms with E-state index in [0.717, 1.165) is 11.3 Å². The molecule has 1 aromatic rings. The largest absolute Gasteiger partial charge is 0.489 e. The van der Waals surface area contributed by atoms with E-state index in [1.54, 1.807) is 0 Å². The summed E-state index contributed by atoms with van der Waals surface area (Å²) in [5, 5.41) is 0. The van der Waals surface area contributed by atoms with Crippen LogP contribution in [0.3, 0.4) is 0 Å². The van der Waals surface area contributed by atoms with Crippen molar-refractivity contribution in [3.8, 4) is 5.75 Å². The summed E-state index contributed by atoms with van der Waals surface area (Å²) in [6.07, 6.45) is 0.0237. The Bertz CT molecular complexity index is 449. The van der Waals surface area contributed by atoms with E-state index in [4.69, 9.17) is 21.1 Å². The smallest absolute Gasteiger partial charge is 0.243 e. The van der Waals surface area contributed by atoms with Gasteiger partial charge in [-0.15, -0.1) is 11.6 Å². The molecule has 0 aliphatic carbocycles. The summed E-state index contributed by atoms with van der Waals surface area (Å²) >= 11 is 5.70. The van der Waals surface area contributed by atoms with Crippen molar-refractivity contribution in [2.75, 3.05) is 24.1 Å². The van der Waals surface area contributed by atoms with E-state index in [9.17, 15) is 4.79 Å². The van der Waals surface area contributed by atoms with Crippen molar-refractivity contribution in [3.05, 3.63) is 23.8 Å². The number of nitrogens with zero attached hydrogens (tertiary/aromatic N) is 1. The number of alkyl halides is 1. The Morgan fingerprint density at radius 2 is 2.10 bits per heavy atom. The lowest BCUT2D eigenvalue weighted by molar-refractivity contribution is -0.117. The average Bonchev–Trinajstić information content (AvgIpc) is 2.40.